The first-order chi connectivity index (χ1) is 10.5. The summed E-state index contributed by atoms with van der Waals surface area (Å²) in [5.74, 6) is 0.457. The van der Waals surface area contributed by atoms with Crippen LogP contribution in [0.2, 0.25) is 0 Å². The lowest BCUT2D eigenvalue weighted by atomic mass is 10.1. The predicted octanol–water partition coefficient (Wildman–Crippen LogP) is 1.00. The number of nitrogen functional groups attached to an aromatic ring is 1. The molecule has 0 radical (unpaired) electrons. The van der Waals surface area contributed by atoms with Gasteiger partial charge in [-0.05, 0) is 27.0 Å². The third kappa shape index (κ3) is 2.67. The van der Waals surface area contributed by atoms with Crippen LogP contribution in [0.25, 0.3) is 11.0 Å². The minimum absolute atomic E-state index is 0.200. The average molecular weight is 305 g/mol. The molecule has 3 N–H and O–H groups in total. The highest BCUT2D eigenvalue weighted by Crippen LogP contribution is 2.32. The Morgan fingerprint density at radius 1 is 1.50 bits per heavy atom. The van der Waals surface area contributed by atoms with Crippen LogP contribution in [0.15, 0.2) is 18.6 Å². The SMILES string of the molecule is CC(C)N(C)CC1OC(n2ccc3c(N)ncnc32)CC1O. The second kappa shape index (κ2) is 5.83. The van der Waals surface area contributed by atoms with Crippen molar-refractivity contribution < 1.29 is 9.84 Å². The summed E-state index contributed by atoms with van der Waals surface area (Å²) in [7, 11) is 2.03. The molecule has 3 rings (SSSR count). The van der Waals surface area contributed by atoms with Crippen LogP contribution in [0.4, 0.5) is 5.82 Å². The molecule has 2 aromatic rings. The second-order valence-corrected chi connectivity index (χ2v) is 6.18. The van der Waals surface area contributed by atoms with E-state index in [1.54, 1.807) is 0 Å². The number of nitrogens with two attached hydrogens (primary N) is 1. The molecule has 0 aromatic carbocycles. The van der Waals surface area contributed by atoms with Gasteiger partial charge in [-0.15, -0.1) is 0 Å². The molecule has 1 aliphatic rings. The van der Waals surface area contributed by atoms with Gasteiger partial charge < -0.3 is 25.0 Å². The maximum Gasteiger partial charge on any atom is 0.147 e. The van der Waals surface area contributed by atoms with Crippen LogP contribution < -0.4 is 5.73 Å². The van der Waals surface area contributed by atoms with E-state index in [9.17, 15) is 5.11 Å². The number of hydrogen-bond donors (Lipinski definition) is 2. The van der Waals surface area contributed by atoms with Crippen molar-refractivity contribution in [2.45, 2.75) is 44.7 Å². The van der Waals surface area contributed by atoms with E-state index >= 15 is 0 Å². The van der Waals surface area contributed by atoms with Gasteiger partial charge in [0.2, 0.25) is 0 Å². The fourth-order valence-electron chi connectivity index (χ4n) is 2.77. The Morgan fingerprint density at radius 2 is 2.27 bits per heavy atom. The Labute approximate surface area is 129 Å². The van der Waals surface area contributed by atoms with Gasteiger partial charge in [0.15, 0.2) is 0 Å². The number of fused-ring (bicyclic) bond motifs is 1. The first-order valence-corrected chi connectivity index (χ1v) is 7.58. The normalized spacial score (nSPS) is 25.6. The molecule has 2 aromatic heterocycles. The maximum absolute atomic E-state index is 10.3. The molecule has 0 saturated carbocycles. The van der Waals surface area contributed by atoms with E-state index in [0.717, 1.165) is 11.0 Å². The third-order valence-corrected chi connectivity index (χ3v) is 4.40. The van der Waals surface area contributed by atoms with Crippen molar-refractivity contribution in [1.29, 1.82) is 0 Å². The number of aliphatic hydroxyl groups is 1. The summed E-state index contributed by atoms with van der Waals surface area (Å²) >= 11 is 0. The molecular formula is C15H23N5O2. The first kappa shape index (κ1) is 15.2. The van der Waals surface area contributed by atoms with Crippen molar-refractivity contribution in [1.82, 2.24) is 19.4 Å². The Balaban J connectivity index is 1.80. The van der Waals surface area contributed by atoms with Gasteiger partial charge in [-0.3, -0.25) is 0 Å². The quantitative estimate of drug-likeness (QED) is 0.876. The van der Waals surface area contributed by atoms with Crippen molar-refractivity contribution >= 4 is 16.9 Å². The molecule has 120 valence electrons. The van der Waals surface area contributed by atoms with Gasteiger partial charge in [-0.25, -0.2) is 9.97 Å². The Morgan fingerprint density at radius 3 is 3.00 bits per heavy atom. The van der Waals surface area contributed by atoms with Crippen molar-refractivity contribution in [3.05, 3.63) is 18.6 Å². The van der Waals surface area contributed by atoms with E-state index in [0.29, 0.717) is 24.8 Å². The Hall–Kier alpha value is -1.70. The number of aromatic nitrogens is 3. The van der Waals surface area contributed by atoms with Crippen molar-refractivity contribution in [2.24, 2.45) is 0 Å². The Kier molecular flexibility index (Phi) is 4.03. The molecule has 7 heteroatoms. The first-order valence-electron chi connectivity index (χ1n) is 7.58. The molecule has 1 aliphatic heterocycles. The molecular weight excluding hydrogens is 282 g/mol. The summed E-state index contributed by atoms with van der Waals surface area (Å²) in [5, 5.41) is 11.1. The minimum atomic E-state index is -0.483. The lowest BCUT2D eigenvalue weighted by molar-refractivity contribution is -0.0333. The molecule has 0 bridgehead atoms. The molecule has 1 fully saturated rings. The third-order valence-electron chi connectivity index (χ3n) is 4.40. The van der Waals surface area contributed by atoms with Crippen LogP contribution in [0.1, 0.15) is 26.5 Å². The molecule has 1 saturated heterocycles. The largest absolute Gasteiger partial charge is 0.390 e. The summed E-state index contributed by atoms with van der Waals surface area (Å²) in [5.41, 5.74) is 6.60. The van der Waals surface area contributed by atoms with Crippen LogP contribution in [0, 0.1) is 0 Å². The second-order valence-electron chi connectivity index (χ2n) is 6.18. The number of hydrogen-bond acceptors (Lipinski definition) is 6. The molecule has 3 atom stereocenters. The van der Waals surface area contributed by atoms with E-state index in [4.69, 9.17) is 10.5 Å². The van der Waals surface area contributed by atoms with Crippen molar-refractivity contribution in [2.75, 3.05) is 19.3 Å². The zero-order chi connectivity index (χ0) is 15.9. The van der Waals surface area contributed by atoms with Crippen molar-refractivity contribution in [3.63, 3.8) is 0 Å². The number of likely N-dealkylation sites (N-methyl/N-ethyl adjacent to an activating group) is 1. The van der Waals surface area contributed by atoms with Crippen LogP contribution in [0.3, 0.4) is 0 Å². The number of aliphatic hydroxyl groups excluding tert-OH is 1. The summed E-state index contributed by atoms with van der Waals surface area (Å²) in [6, 6.07) is 2.29. The Bertz CT molecular complexity index is 656. The highest BCUT2D eigenvalue weighted by molar-refractivity contribution is 5.86. The summed E-state index contributed by atoms with van der Waals surface area (Å²) in [6.45, 7) is 4.95. The minimum Gasteiger partial charge on any atom is -0.390 e. The molecule has 0 amide bonds. The number of rotatable bonds is 4. The highest BCUT2D eigenvalue weighted by Gasteiger charge is 2.36. The van der Waals surface area contributed by atoms with E-state index in [-0.39, 0.29) is 12.3 Å². The fourth-order valence-corrected chi connectivity index (χ4v) is 2.77. The number of ether oxygens (including phenoxy) is 1. The zero-order valence-electron chi connectivity index (χ0n) is 13.2. The van der Waals surface area contributed by atoms with Gasteiger partial charge in [0.25, 0.3) is 0 Å². The van der Waals surface area contributed by atoms with Crippen LogP contribution >= 0.6 is 0 Å². The molecule has 0 spiro atoms. The van der Waals surface area contributed by atoms with Gasteiger partial charge in [-0.1, -0.05) is 0 Å². The number of anilines is 1. The van der Waals surface area contributed by atoms with Crippen LogP contribution in [-0.2, 0) is 4.74 Å². The topological polar surface area (TPSA) is 89.4 Å². The van der Waals surface area contributed by atoms with Crippen LogP contribution in [-0.4, -0.2) is 56.4 Å². The maximum atomic E-state index is 10.3. The van der Waals surface area contributed by atoms with Crippen LogP contribution in [0.5, 0.6) is 0 Å². The molecule has 3 unspecified atom stereocenters. The molecule has 3 heterocycles. The zero-order valence-corrected chi connectivity index (χ0v) is 13.2. The highest BCUT2D eigenvalue weighted by atomic mass is 16.5. The molecule has 7 nitrogen and oxygen atoms in total. The number of nitrogens with zero attached hydrogens (tertiary/aromatic N) is 4. The smallest absolute Gasteiger partial charge is 0.147 e. The average Bonchev–Trinajstić information content (AvgIpc) is 3.04. The summed E-state index contributed by atoms with van der Waals surface area (Å²) in [4.78, 5) is 10.4. The molecule has 22 heavy (non-hydrogen) atoms. The fraction of sp³-hybridized carbons (Fsp3) is 0.600. The standard InChI is InChI=1S/C15H23N5O2/c1-9(2)19(3)7-12-11(21)6-13(22-12)20-5-4-10-14(16)17-8-18-15(10)20/h4-5,8-9,11-13,21H,6-7H2,1-3H3,(H2,16,17,18). The van der Waals surface area contributed by atoms with Gasteiger partial charge in [0, 0.05) is 25.2 Å². The van der Waals surface area contributed by atoms with E-state index in [1.165, 1.54) is 6.33 Å². The van der Waals surface area contributed by atoms with Crippen molar-refractivity contribution in [3.8, 4) is 0 Å². The summed E-state index contributed by atoms with van der Waals surface area (Å²) < 4.78 is 7.98. The van der Waals surface area contributed by atoms with Gasteiger partial charge in [-0.2, -0.15) is 0 Å². The lowest BCUT2D eigenvalue weighted by Crippen LogP contribution is -2.38. The lowest BCUT2D eigenvalue weighted by Gasteiger charge is -2.26. The van der Waals surface area contributed by atoms with Gasteiger partial charge >= 0.3 is 0 Å². The molecule has 0 aliphatic carbocycles. The van der Waals surface area contributed by atoms with E-state index in [2.05, 4.69) is 28.7 Å². The monoisotopic (exact) mass is 305 g/mol. The van der Waals surface area contributed by atoms with Gasteiger partial charge in [0.1, 0.15) is 24.0 Å². The van der Waals surface area contributed by atoms with E-state index < -0.39 is 6.10 Å². The summed E-state index contributed by atoms with van der Waals surface area (Å²) in [6.07, 6.45) is 2.97. The van der Waals surface area contributed by atoms with E-state index in [1.807, 2.05) is 23.9 Å². The van der Waals surface area contributed by atoms with Gasteiger partial charge in [0.05, 0.1) is 17.6 Å². The predicted molar refractivity (Wildman–Crippen MR) is 84.2 cm³/mol.